The maximum atomic E-state index is 12.5. The summed E-state index contributed by atoms with van der Waals surface area (Å²) in [5, 5.41) is 14.1. The Labute approximate surface area is 141 Å². The first-order valence-corrected chi connectivity index (χ1v) is 7.90. The molecule has 1 amide bonds. The average molecular weight is 342 g/mol. The van der Waals surface area contributed by atoms with Gasteiger partial charge in [-0.2, -0.15) is 0 Å². The molecule has 2 aromatic heterocycles. The lowest BCUT2D eigenvalue weighted by molar-refractivity contribution is -0.384. The van der Waals surface area contributed by atoms with Gasteiger partial charge in [0.2, 0.25) is 0 Å². The lowest BCUT2D eigenvalue weighted by atomic mass is 10.1. The van der Waals surface area contributed by atoms with Crippen LogP contribution in [0.15, 0.2) is 30.3 Å². The largest absolute Gasteiger partial charge is 0.397 e. The van der Waals surface area contributed by atoms with Crippen LogP contribution in [0, 0.1) is 24.0 Å². The fourth-order valence-corrected chi connectivity index (χ4v) is 3.60. The van der Waals surface area contributed by atoms with Gasteiger partial charge in [-0.1, -0.05) is 0 Å². The molecular weight excluding hydrogens is 328 g/mol. The number of aryl methyl sites for hydroxylation is 2. The third-order valence-corrected chi connectivity index (χ3v) is 4.66. The predicted octanol–water partition coefficient (Wildman–Crippen LogP) is 3.66. The molecule has 2 heterocycles. The molecule has 3 aromatic rings. The zero-order chi connectivity index (χ0) is 17.4. The smallest absolute Gasteiger partial charge is 0.269 e. The van der Waals surface area contributed by atoms with E-state index in [9.17, 15) is 14.9 Å². The number of carbonyl (C=O) groups is 1. The lowest BCUT2D eigenvalue weighted by Gasteiger charge is -2.04. The highest BCUT2D eigenvalue weighted by Crippen LogP contribution is 2.35. The molecular formula is C16H14N4O3S. The standard InChI is InChI=1S/C16H14N4O3S/c1-8-7-9(2)18-16-12(8)13(17)14(24-16)15(21)19-10-3-5-11(6-4-10)20(22)23/h3-7H,17H2,1-2H3,(H,19,21). The highest BCUT2D eigenvalue weighted by Gasteiger charge is 2.19. The van der Waals surface area contributed by atoms with Crippen molar-refractivity contribution >= 4 is 44.5 Å². The van der Waals surface area contributed by atoms with Crippen molar-refractivity contribution in [1.29, 1.82) is 0 Å². The van der Waals surface area contributed by atoms with Crippen LogP contribution in [-0.4, -0.2) is 15.8 Å². The van der Waals surface area contributed by atoms with Crippen LogP contribution in [0.3, 0.4) is 0 Å². The van der Waals surface area contributed by atoms with Crippen LogP contribution in [0.5, 0.6) is 0 Å². The van der Waals surface area contributed by atoms with Gasteiger partial charge in [-0.25, -0.2) is 4.98 Å². The van der Waals surface area contributed by atoms with Crippen LogP contribution in [0.4, 0.5) is 17.1 Å². The molecule has 3 N–H and O–H groups in total. The van der Waals surface area contributed by atoms with E-state index in [4.69, 9.17) is 5.73 Å². The van der Waals surface area contributed by atoms with Crippen LogP contribution < -0.4 is 11.1 Å². The van der Waals surface area contributed by atoms with Crippen molar-refractivity contribution in [3.8, 4) is 0 Å². The second-order valence-electron chi connectivity index (χ2n) is 5.36. The summed E-state index contributed by atoms with van der Waals surface area (Å²) < 4.78 is 0. The van der Waals surface area contributed by atoms with Crippen LogP contribution >= 0.6 is 11.3 Å². The number of nitrogen functional groups attached to an aromatic ring is 1. The lowest BCUT2D eigenvalue weighted by Crippen LogP contribution is -2.11. The van der Waals surface area contributed by atoms with E-state index in [2.05, 4.69) is 10.3 Å². The maximum Gasteiger partial charge on any atom is 0.269 e. The summed E-state index contributed by atoms with van der Waals surface area (Å²) in [5.41, 5.74) is 8.79. The summed E-state index contributed by atoms with van der Waals surface area (Å²) in [5.74, 6) is -0.360. The molecule has 8 heteroatoms. The number of pyridine rings is 1. The molecule has 0 aliphatic rings. The molecule has 3 rings (SSSR count). The number of hydrogen-bond acceptors (Lipinski definition) is 6. The molecule has 0 saturated carbocycles. The van der Waals surface area contributed by atoms with E-state index in [-0.39, 0.29) is 11.6 Å². The number of non-ortho nitro benzene ring substituents is 1. The van der Waals surface area contributed by atoms with Gasteiger partial charge in [0, 0.05) is 28.9 Å². The first-order chi connectivity index (χ1) is 11.4. The van der Waals surface area contributed by atoms with Gasteiger partial charge >= 0.3 is 0 Å². The van der Waals surface area contributed by atoms with E-state index in [0.717, 1.165) is 21.5 Å². The molecule has 0 aliphatic carbocycles. The fourth-order valence-electron chi connectivity index (χ4n) is 2.49. The van der Waals surface area contributed by atoms with E-state index in [1.165, 1.54) is 35.6 Å². The molecule has 0 radical (unpaired) electrons. The number of hydrogen-bond donors (Lipinski definition) is 2. The number of amides is 1. The molecule has 0 aliphatic heterocycles. The summed E-state index contributed by atoms with van der Waals surface area (Å²) in [6.07, 6.45) is 0. The van der Waals surface area contributed by atoms with Crippen molar-refractivity contribution in [3.05, 3.63) is 56.6 Å². The third-order valence-electron chi connectivity index (χ3n) is 3.57. The minimum Gasteiger partial charge on any atom is -0.397 e. The molecule has 0 fully saturated rings. The number of fused-ring (bicyclic) bond motifs is 1. The van der Waals surface area contributed by atoms with Crippen LogP contribution in [0.25, 0.3) is 10.2 Å². The third kappa shape index (κ3) is 2.79. The summed E-state index contributed by atoms with van der Waals surface area (Å²) in [6.45, 7) is 3.82. The molecule has 0 spiro atoms. The molecule has 1 aromatic carbocycles. The highest BCUT2D eigenvalue weighted by atomic mass is 32.1. The van der Waals surface area contributed by atoms with Gasteiger partial charge in [-0.15, -0.1) is 11.3 Å². The number of nitrogens with one attached hydrogen (secondary N) is 1. The van der Waals surface area contributed by atoms with E-state index in [1.54, 1.807) is 0 Å². The van der Waals surface area contributed by atoms with E-state index >= 15 is 0 Å². The van der Waals surface area contributed by atoms with Gasteiger partial charge in [-0.3, -0.25) is 14.9 Å². The SMILES string of the molecule is Cc1cc(C)c2c(N)c(C(=O)Nc3ccc([N+](=O)[O-])cc3)sc2n1. The van der Waals surface area contributed by atoms with E-state index < -0.39 is 4.92 Å². The summed E-state index contributed by atoms with van der Waals surface area (Å²) >= 11 is 1.23. The Morgan fingerprint density at radius 3 is 2.58 bits per heavy atom. The topological polar surface area (TPSA) is 111 Å². The molecule has 122 valence electrons. The van der Waals surface area contributed by atoms with Crippen molar-refractivity contribution in [2.75, 3.05) is 11.1 Å². The van der Waals surface area contributed by atoms with Gasteiger partial charge in [-0.05, 0) is 37.6 Å². The minimum atomic E-state index is -0.494. The first-order valence-electron chi connectivity index (χ1n) is 7.09. The van der Waals surface area contributed by atoms with Crippen molar-refractivity contribution in [2.45, 2.75) is 13.8 Å². The Morgan fingerprint density at radius 1 is 1.29 bits per heavy atom. The predicted molar refractivity (Wildman–Crippen MR) is 94.6 cm³/mol. The van der Waals surface area contributed by atoms with Crippen molar-refractivity contribution in [2.24, 2.45) is 0 Å². The van der Waals surface area contributed by atoms with Gasteiger partial charge < -0.3 is 11.1 Å². The number of anilines is 2. The number of carbonyl (C=O) groups excluding carboxylic acids is 1. The summed E-state index contributed by atoms with van der Waals surface area (Å²) in [4.78, 5) is 28.2. The number of thiophene rings is 1. The number of nitro groups is 1. The number of nitrogens with zero attached hydrogens (tertiary/aromatic N) is 2. The Kier molecular flexibility index (Phi) is 3.90. The molecule has 0 saturated heterocycles. The number of benzene rings is 1. The fraction of sp³-hybridized carbons (Fsp3) is 0.125. The van der Waals surface area contributed by atoms with Crippen molar-refractivity contribution in [3.63, 3.8) is 0 Å². The van der Waals surface area contributed by atoms with Crippen LogP contribution in [-0.2, 0) is 0 Å². The number of aromatic nitrogens is 1. The van der Waals surface area contributed by atoms with E-state index in [0.29, 0.717) is 16.3 Å². The van der Waals surface area contributed by atoms with E-state index in [1.807, 2.05) is 19.9 Å². The molecule has 0 bridgehead atoms. The number of nitro benzene ring substituents is 1. The first kappa shape index (κ1) is 15.9. The molecule has 7 nitrogen and oxygen atoms in total. The molecule has 24 heavy (non-hydrogen) atoms. The highest BCUT2D eigenvalue weighted by molar-refractivity contribution is 7.21. The maximum absolute atomic E-state index is 12.5. The average Bonchev–Trinajstić information content (AvgIpc) is 2.84. The normalized spacial score (nSPS) is 10.8. The molecule has 0 unspecified atom stereocenters. The Hall–Kier alpha value is -3.00. The van der Waals surface area contributed by atoms with Crippen molar-refractivity contribution < 1.29 is 9.72 Å². The minimum absolute atomic E-state index is 0.0373. The van der Waals surface area contributed by atoms with Gasteiger partial charge in [0.15, 0.2) is 0 Å². The Balaban J connectivity index is 1.92. The van der Waals surface area contributed by atoms with Crippen LogP contribution in [0.1, 0.15) is 20.9 Å². The molecule has 0 atom stereocenters. The second-order valence-corrected chi connectivity index (χ2v) is 6.36. The number of nitrogens with two attached hydrogens (primary N) is 1. The second kappa shape index (κ2) is 5.89. The van der Waals surface area contributed by atoms with Gasteiger partial charge in [0.05, 0.1) is 10.6 Å². The monoisotopic (exact) mass is 342 g/mol. The zero-order valence-electron chi connectivity index (χ0n) is 13.0. The summed E-state index contributed by atoms with van der Waals surface area (Å²) in [7, 11) is 0. The van der Waals surface area contributed by atoms with Crippen molar-refractivity contribution in [1.82, 2.24) is 4.98 Å². The van der Waals surface area contributed by atoms with Gasteiger partial charge in [0.25, 0.3) is 11.6 Å². The number of rotatable bonds is 3. The summed E-state index contributed by atoms with van der Waals surface area (Å²) in [6, 6.07) is 7.54. The quantitative estimate of drug-likeness (QED) is 0.557. The van der Waals surface area contributed by atoms with Gasteiger partial charge in [0.1, 0.15) is 9.71 Å². The Bertz CT molecular complexity index is 964. The zero-order valence-corrected chi connectivity index (χ0v) is 13.8. The van der Waals surface area contributed by atoms with Crippen LogP contribution in [0.2, 0.25) is 0 Å². The Morgan fingerprint density at radius 2 is 1.96 bits per heavy atom.